The van der Waals surface area contributed by atoms with Crippen molar-refractivity contribution in [3.8, 4) is 0 Å². The van der Waals surface area contributed by atoms with Gasteiger partial charge in [-0.25, -0.2) is 0 Å². The predicted molar refractivity (Wildman–Crippen MR) is 51.5 cm³/mol. The Hall–Kier alpha value is -0.570. The molecule has 0 aromatic rings. The maximum absolute atomic E-state index is 11.5. The van der Waals surface area contributed by atoms with Gasteiger partial charge in [0.2, 0.25) is 0 Å². The van der Waals surface area contributed by atoms with Gasteiger partial charge in [-0.3, -0.25) is 9.69 Å². The summed E-state index contributed by atoms with van der Waals surface area (Å²) in [6, 6.07) is 0.0266. The first kappa shape index (κ1) is 10.5. The number of likely N-dealkylation sites (N-methyl/N-ethyl adjacent to an activating group) is 1. The molecule has 1 saturated heterocycles. The van der Waals surface area contributed by atoms with E-state index in [-0.39, 0.29) is 12.0 Å². The van der Waals surface area contributed by atoms with Gasteiger partial charge in [0, 0.05) is 0 Å². The lowest BCUT2D eigenvalue weighted by molar-refractivity contribution is -0.150. The average Bonchev–Trinajstić information content (AvgIpc) is 2.18. The van der Waals surface area contributed by atoms with Crippen LogP contribution in [0.1, 0.15) is 33.1 Å². The fourth-order valence-corrected chi connectivity index (χ4v) is 1.87. The molecule has 0 spiro atoms. The minimum atomic E-state index is -0.0379. The van der Waals surface area contributed by atoms with Crippen molar-refractivity contribution in [2.45, 2.75) is 39.2 Å². The SMILES string of the molecule is CCOC(=O)C1CCCCN1CC. The zero-order valence-corrected chi connectivity index (χ0v) is 8.58. The van der Waals surface area contributed by atoms with E-state index in [4.69, 9.17) is 4.74 Å². The molecule has 0 bridgehead atoms. The highest BCUT2D eigenvalue weighted by Gasteiger charge is 2.28. The highest BCUT2D eigenvalue weighted by Crippen LogP contribution is 2.17. The highest BCUT2D eigenvalue weighted by molar-refractivity contribution is 5.75. The van der Waals surface area contributed by atoms with Crippen molar-refractivity contribution in [1.82, 2.24) is 4.90 Å². The summed E-state index contributed by atoms with van der Waals surface area (Å²) in [5.74, 6) is -0.0379. The largest absolute Gasteiger partial charge is 0.465 e. The van der Waals surface area contributed by atoms with Crippen molar-refractivity contribution in [2.75, 3.05) is 19.7 Å². The van der Waals surface area contributed by atoms with Gasteiger partial charge in [0.05, 0.1) is 6.61 Å². The second-order valence-electron chi connectivity index (χ2n) is 3.39. The molecule has 0 saturated carbocycles. The number of esters is 1. The number of likely N-dealkylation sites (tertiary alicyclic amines) is 1. The normalized spacial score (nSPS) is 24.3. The van der Waals surface area contributed by atoms with Crippen molar-refractivity contribution in [2.24, 2.45) is 0 Å². The van der Waals surface area contributed by atoms with Crippen LogP contribution in [-0.2, 0) is 9.53 Å². The molecule has 76 valence electrons. The lowest BCUT2D eigenvalue weighted by Gasteiger charge is -2.32. The smallest absolute Gasteiger partial charge is 0.323 e. The Balaban J connectivity index is 2.48. The zero-order valence-electron chi connectivity index (χ0n) is 8.58. The summed E-state index contributed by atoms with van der Waals surface area (Å²) < 4.78 is 5.03. The molecule has 0 aliphatic carbocycles. The van der Waals surface area contributed by atoms with Crippen molar-refractivity contribution < 1.29 is 9.53 Å². The second-order valence-corrected chi connectivity index (χ2v) is 3.39. The minimum absolute atomic E-state index is 0.0266. The van der Waals surface area contributed by atoms with Crippen LogP contribution in [0.5, 0.6) is 0 Å². The summed E-state index contributed by atoms with van der Waals surface area (Å²) >= 11 is 0. The Morgan fingerprint density at radius 1 is 1.46 bits per heavy atom. The van der Waals surface area contributed by atoms with Gasteiger partial charge in [-0.1, -0.05) is 13.3 Å². The molecule has 0 aromatic carbocycles. The van der Waals surface area contributed by atoms with Crippen molar-refractivity contribution >= 4 is 5.97 Å². The minimum Gasteiger partial charge on any atom is -0.465 e. The van der Waals surface area contributed by atoms with Gasteiger partial charge in [-0.15, -0.1) is 0 Å². The third-order valence-electron chi connectivity index (χ3n) is 2.58. The van der Waals surface area contributed by atoms with E-state index >= 15 is 0 Å². The number of nitrogens with zero attached hydrogens (tertiary/aromatic N) is 1. The van der Waals surface area contributed by atoms with Crippen LogP contribution < -0.4 is 0 Å². The molecule has 0 amide bonds. The van der Waals surface area contributed by atoms with Gasteiger partial charge >= 0.3 is 5.97 Å². The molecule has 0 N–H and O–H groups in total. The van der Waals surface area contributed by atoms with Crippen LogP contribution in [0.4, 0.5) is 0 Å². The lowest BCUT2D eigenvalue weighted by Crippen LogP contribution is -2.45. The van der Waals surface area contributed by atoms with E-state index in [1.54, 1.807) is 0 Å². The Labute approximate surface area is 80.1 Å². The van der Waals surface area contributed by atoms with Gasteiger partial charge < -0.3 is 4.74 Å². The molecule has 0 aromatic heterocycles. The van der Waals surface area contributed by atoms with Gasteiger partial charge in [-0.2, -0.15) is 0 Å². The monoisotopic (exact) mass is 185 g/mol. The fraction of sp³-hybridized carbons (Fsp3) is 0.900. The second kappa shape index (κ2) is 5.22. The Bertz CT molecular complexity index is 170. The van der Waals surface area contributed by atoms with Crippen LogP contribution in [-0.4, -0.2) is 36.6 Å². The van der Waals surface area contributed by atoms with Crippen LogP contribution in [0.3, 0.4) is 0 Å². The Morgan fingerprint density at radius 2 is 2.23 bits per heavy atom. The van der Waals surface area contributed by atoms with Crippen molar-refractivity contribution in [1.29, 1.82) is 0 Å². The molecule has 3 nitrogen and oxygen atoms in total. The summed E-state index contributed by atoms with van der Waals surface area (Å²) in [6.07, 6.45) is 3.33. The van der Waals surface area contributed by atoms with Crippen LogP contribution >= 0.6 is 0 Å². The van der Waals surface area contributed by atoms with E-state index in [1.165, 1.54) is 6.42 Å². The van der Waals surface area contributed by atoms with Crippen LogP contribution in [0.25, 0.3) is 0 Å². The summed E-state index contributed by atoms with van der Waals surface area (Å²) in [5.41, 5.74) is 0. The zero-order chi connectivity index (χ0) is 9.68. The Morgan fingerprint density at radius 3 is 2.85 bits per heavy atom. The molecule has 1 aliphatic rings. The molecule has 1 fully saturated rings. The number of ether oxygens (including phenoxy) is 1. The third kappa shape index (κ3) is 2.69. The molecule has 1 rings (SSSR count). The average molecular weight is 185 g/mol. The van der Waals surface area contributed by atoms with E-state index in [9.17, 15) is 4.79 Å². The van der Waals surface area contributed by atoms with Crippen LogP contribution in [0.15, 0.2) is 0 Å². The van der Waals surface area contributed by atoms with Crippen LogP contribution in [0, 0.1) is 0 Å². The number of hydrogen-bond acceptors (Lipinski definition) is 3. The fourth-order valence-electron chi connectivity index (χ4n) is 1.87. The van der Waals surface area contributed by atoms with E-state index < -0.39 is 0 Å². The van der Waals surface area contributed by atoms with Crippen molar-refractivity contribution in [3.63, 3.8) is 0 Å². The lowest BCUT2D eigenvalue weighted by atomic mass is 10.0. The molecular formula is C10H19NO2. The number of carbonyl (C=O) groups excluding carboxylic acids is 1. The first-order valence-electron chi connectivity index (χ1n) is 5.20. The predicted octanol–water partition coefficient (Wildman–Crippen LogP) is 1.42. The van der Waals surface area contributed by atoms with Gasteiger partial charge in [0.15, 0.2) is 0 Å². The summed E-state index contributed by atoms with van der Waals surface area (Å²) in [5, 5.41) is 0. The summed E-state index contributed by atoms with van der Waals surface area (Å²) in [7, 11) is 0. The summed E-state index contributed by atoms with van der Waals surface area (Å²) in [4.78, 5) is 13.7. The number of piperidine rings is 1. The molecule has 3 heteroatoms. The molecule has 1 aliphatic heterocycles. The molecule has 0 radical (unpaired) electrons. The van der Waals surface area contributed by atoms with E-state index in [1.807, 2.05) is 6.92 Å². The quantitative estimate of drug-likeness (QED) is 0.623. The van der Waals surface area contributed by atoms with Gasteiger partial charge in [0.25, 0.3) is 0 Å². The van der Waals surface area contributed by atoms with E-state index in [0.29, 0.717) is 6.61 Å². The molecule has 1 heterocycles. The van der Waals surface area contributed by atoms with E-state index in [2.05, 4.69) is 11.8 Å². The van der Waals surface area contributed by atoms with E-state index in [0.717, 1.165) is 25.9 Å². The topological polar surface area (TPSA) is 29.5 Å². The van der Waals surface area contributed by atoms with Gasteiger partial charge in [0.1, 0.15) is 6.04 Å². The molecule has 1 unspecified atom stereocenters. The maximum atomic E-state index is 11.5. The third-order valence-corrected chi connectivity index (χ3v) is 2.58. The first-order chi connectivity index (χ1) is 6.29. The summed E-state index contributed by atoms with van der Waals surface area (Å²) in [6.45, 7) is 6.44. The Kier molecular flexibility index (Phi) is 4.22. The van der Waals surface area contributed by atoms with Gasteiger partial charge in [-0.05, 0) is 32.9 Å². The standard InChI is InChI=1S/C10H19NO2/c1-3-11-8-6-5-7-9(11)10(12)13-4-2/h9H,3-8H2,1-2H3. The molecular weight excluding hydrogens is 166 g/mol. The number of rotatable bonds is 3. The number of hydrogen-bond donors (Lipinski definition) is 0. The highest BCUT2D eigenvalue weighted by atomic mass is 16.5. The first-order valence-corrected chi connectivity index (χ1v) is 5.20. The number of carbonyl (C=O) groups is 1. The molecule has 1 atom stereocenters. The maximum Gasteiger partial charge on any atom is 0.323 e. The van der Waals surface area contributed by atoms with Crippen LogP contribution in [0.2, 0.25) is 0 Å². The molecule has 13 heavy (non-hydrogen) atoms. The van der Waals surface area contributed by atoms with Crippen molar-refractivity contribution in [3.05, 3.63) is 0 Å².